The molecule has 1 aliphatic carbocycles. The van der Waals surface area contributed by atoms with Crippen molar-refractivity contribution in [2.45, 2.75) is 52.1 Å². The summed E-state index contributed by atoms with van der Waals surface area (Å²) in [6.45, 7) is 7.34. The Morgan fingerprint density at radius 3 is 2.68 bits per heavy atom. The van der Waals surface area contributed by atoms with Gasteiger partial charge in [-0.05, 0) is 55.4 Å². The maximum atomic E-state index is 12.7. The second-order valence-corrected chi connectivity index (χ2v) is 8.48. The first-order valence-corrected chi connectivity index (χ1v) is 9.17. The lowest BCUT2D eigenvalue weighted by molar-refractivity contribution is -0.152. The van der Waals surface area contributed by atoms with E-state index in [1.54, 1.807) is 4.68 Å². The van der Waals surface area contributed by atoms with Gasteiger partial charge in [0, 0.05) is 17.0 Å². The van der Waals surface area contributed by atoms with Gasteiger partial charge in [-0.25, -0.2) is 4.68 Å². The van der Waals surface area contributed by atoms with E-state index < -0.39 is 0 Å². The van der Waals surface area contributed by atoms with Crippen LogP contribution < -0.4 is 0 Å². The summed E-state index contributed by atoms with van der Waals surface area (Å²) >= 11 is 5.94. The fourth-order valence-corrected chi connectivity index (χ4v) is 4.66. The molecule has 1 amide bonds. The van der Waals surface area contributed by atoms with Crippen LogP contribution in [0.5, 0.6) is 0 Å². The number of fused-ring (bicyclic) bond motifs is 2. The lowest BCUT2D eigenvalue weighted by Gasteiger charge is -2.52. The number of carbonyl (C=O) groups is 1. The molecule has 1 saturated carbocycles. The summed E-state index contributed by atoms with van der Waals surface area (Å²) in [4.78, 5) is 14.8. The smallest absolute Gasteiger partial charge is 0.223 e. The molecule has 1 saturated heterocycles. The number of carbonyl (C=O) groups excluding carboxylic acids is 1. The maximum absolute atomic E-state index is 12.7. The number of nitrogens with zero attached hydrogens (tertiary/aromatic N) is 4. The van der Waals surface area contributed by atoms with Crippen LogP contribution in [0.25, 0.3) is 5.69 Å². The maximum Gasteiger partial charge on any atom is 0.223 e. The third kappa shape index (κ3) is 2.48. The molecule has 1 aromatic heterocycles. The highest BCUT2D eigenvalue weighted by Gasteiger charge is 2.59. The minimum Gasteiger partial charge on any atom is -0.331 e. The Balaban J connectivity index is 1.60. The Kier molecular flexibility index (Phi) is 3.69. The molecular formula is C19H23ClN4O. The van der Waals surface area contributed by atoms with Crippen LogP contribution in [0, 0.1) is 11.3 Å². The molecule has 2 atom stereocenters. The number of aromatic nitrogens is 3. The first-order valence-electron chi connectivity index (χ1n) is 8.79. The Hall–Kier alpha value is -1.88. The van der Waals surface area contributed by atoms with Crippen molar-refractivity contribution in [1.29, 1.82) is 0 Å². The van der Waals surface area contributed by atoms with Crippen molar-refractivity contribution >= 4 is 17.5 Å². The average molecular weight is 359 g/mol. The first kappa shape index (κ1) is 16.6. The van der Waals surface area contributed by atoms with Crippen LogP contribution >= 0.6 is 11.6 Å². The molecule has 1 aromatic carbocycles. The molecule has 0 radical (unpaired) electrons. The van der Waals surface area contributed by atoms with Gasteiger partial charge >= 0.3 is 0 Å². The van der Waals surface area contributed by atoms with Crippen molar-refractivity contribution in [2.24, 2.45) is 11.3 Å². The number of hydrogen-bond acceptors (Lipinski definition) is 3. The molecule has 2 heterocycles. The zero-order chi connectivity index (χ0) is 17.8. The molecule has 0 spiro atoms. The van der Waals surface area contributed by atoms with E-state index in [1.807, 2.05) is 35.4 Å². The molecular weight excluding hydrogens is 336 g/mol. The molecule has 2 fully saturated rings. The normalized spacial score (nSPS) is 27.8. The lowest BCUT2D eigenvalue weighted by atomic mass is 9.66. The summed E-state index contributed by atoms with van der Waals surface area (Å²) in [5.41, 5.74) is 1.73. The summed E-state index contributed by atoms with van der Waals surface area (Å²) in [6, 6.07) is 7.46. The molecule has 2 bridgehead atoms. The van der Waals surface area contributed by atoms with Crippen LogP contribution in [-0.2, 0) is 11.3 Å². The third-order valence-electron chi connectivity index (χ3n) is 6.66. The van der Waals surface area contributed by atoms with Crippen molar-refractivity contribution in [2.75, 3.05) is 0 Å². The van der Waals surface area contributed by atoms with Crippen LogP contribution in [0.4, 0.5) is 0 Å². The molecule has 132 valence electrons. The number of piperidine rings is 1. The standard InChI is InChI=1S/C19H23ClN4O/c1-18(2)13-8-9-19(18,3)23(17(25)10-13)11-15-12-24(22-21-15)16-6-4-14(20)5-7-16/h4-7,12-13H,8-11H2,1-3H3/t13-,19-/m0/s1. The molecule has 0 unspecified atom stereocenters. The van der Waals surface area contributed by atoms with Gasteiger partial charge in [0.05, 0.1) is 18.4 Å². The zero-order valence-electron chi connectivity index (χ0n) is 14.9. The number of hydrogen-bond donors (Lipinski definition) is 0. The summed E-state index contributed by atoms with van der Waals surface area (Å²) in [6.07, 6.45) is 4.73. The first-order chi connectivity index (χ1) is 11.8. The Bertz CT molecular complexity index is 813. The van der Waals surface area contributed by atoms with Gasteiger partial charge in [-0.3, -0.25) is 4.79 Å². The van der Waals surface area contributed by atoms with Gasteiger partial charge in [0.2, 0.25) is 5.91 Å². The van der Waals surface area contributed by atoms with Crippen LogP contribution in [0.2, 0.25) is 5.02 Å². The second-order valence-electron chi connectivity index (χ2n) is 8.05. The Morgan fingerprint density at radius 2 is 1.96 bits per heavy atom. The monoisotopic (exact) mass is 358 g/mol. The number of benzene rings is 1. The highest BCUT2D eigenvalue weighted by molar-refractivity contribution is 6.30. The highest BCUT2D eigenvalue weighted by Crippen LogP contribution is 2.57. The van der Waals surface area contributed by atoms with Gasteiger partial charge < -0.3 is 4.90 Å². The SMILES string of the molecule is CC1(C)[C@H]2CC[C@]1(C)N(Cc1cn(-c3ccc(Cl)cc3)nn1)C(=O)C2. The Morgan fingerprint density at radius 1 is 1.24 bits per heavy atom. The minimum atomic E-state index is -0.114. The predicted octanol–water partition coefficient (Wildman–Crippen LogP) is 3.85. The van der Waals surface area contributed by atoms with E-state index in [4.69, 9.17) is 11.6 Å². The summed E-state index contributed by atoms with van der Waals surface area (Å²) in [5.74, 6) is 0.733. The fraction of sp³-hybridized carbons (Fsp3) is 0.526. The molecule has 25 heavy (non-hydrogen) atoms. The molecule has 6 heteroatoms. The van der Waals surface area contributed by atoms with E-state index in [0.29, 0.717) is 23.9 Å². The van der Waals surface area contributed by atoms with E-state index in [0.717, 1.165) is 24.2 Å². The van der Waals surface area contributed by atoms with Crippen LogP contribution in [-0.4, -0.2) is 31.3 Å². The van der Waals surface area contributed by atoms with Crippen LogP contribution in [0.15, 0.2) is 30.5 Å². The predicted molar refractivity (Wildman–Crippen MR) is 96.4 cm³/mol. The van der Waals surface area contributed by atoms with Crippen LogP contribution in [0.3, 0.4) is 0 Å². The molecule has 2 aromatic rings. The van der Waals surface area contributed by atoms with Crippen molar-refractivity contribution in [1.82, 2.24) is 19.9 Å². The lowest BCUT2D eigenvalue weighted by Crippen LogP contribution is -2.60. The summed E-state index contributed by atoms with van der Waals surface area (Å²) < 4.78 is 1.73. The molecule has 0 N–H and O–H groups in total. The molecule has 5 nitrogen and oxygen atoms in total. The van der Waals surface area contributed by atoms with Crippen molar-refractivity contribution in [3.8, 4) is 5.69 Å². The number of likely N-dealkylation sites (tertiary alicyclic amines) is 1. The topological polar surface area (TPSA) is 51.0 Å². The van der Waals surface area contributed by atoms with Gasteiger partial charge in [-0.15, -0.1) is 5.10 Å². The van der Waals surface area contributed by atoms with Crippen molar-refractivity contribution in [3.63, 3.8) is 0 Å². The van der Waals surface area contributed by atoms with Crippen molar-refractivity contribution in [3.05, 3.63) is 41.2 Å². The van der Waals surface area contributed by atoms with Crippen molar-refractivity contribution < 1.29 is 4.79 Å². The van der Waals surface area contributed by atoms with Gasteiger partial charge in [0.1, 0.15) is 5.69 Å². The Labute approximate surface area is 153 Å². The third-order valence-corrected chi connectivity index (χ3v) is 6.91. The van der Waals surface area contributed by atoms with E-state index >= 15 is 0 Å². The van der Waals surface area contributed by atoms with E-state index in [9.17, 15) is 4.79 Å². The summed E-state index contributed by atoms with van der Waals surface area (Å²) in [7, 11) is 0. The van der Waals surface area contributed by atoms with E-state index in [-0.39, 0.29) is 16.9 Å². The highest BCUT2D eigenvalue weighted by atomic mass is 35.5. The quantitative estimate of drug-likeness (QED) is 0.837. The fourth-order valence-electron chi connectivity index (χ4n) is 4.53. The summed E-state index contributed by atoms with van der Waals surface area (Å²) in [5, 5.41) is 9.19. The zero-order valence-corrected chi connectivity index (χ0v) is 15.6. The minimum absolute atomic E-state index is 0.114. The number of rotatable bonds is 3. The van der Waals surface area contributed by atoms with E-state index in [2.05, 4.69) is 31.1 Å². The van der Waals surface area contributed by atoms with Gasteiger partial charge in [-0.1, -0.05) is 30.7 Å². The number of halogens is 1. The largest absolute Gasteiger partial charge is 0.331 e. The average Bonchev–Trinajstić information content (AvgIpc) is 3.07. The molecule has 2 aliphatic rings. The molecule has 4 rings (SSSR count). The van der Waals surface area contributed by atoms with Crippen LogP contribution in [0.1, 0.15) is 45.7 Å². The van der Waals surface area contributed by atoms with E-state index in [1.165, 1.54) is 0 Å². The van der Waals surface area contributed by atoms with Gasteiger partial charge in [0.15, 0.2) is 0 Å². The van der Waals surface area contributed by atoms with Gasteiger partial charge in [0.25, 0.3) is 0 Å². The second kappa shape index (κ2) is 5.56. The molecule has 1 aliphatic heterocycles. The van der Waals surface area contributed by atoms with Gasteiger partial charge in [-0.2, -0.15) is 0 Å². The number of amides is 1.